The maximum Gasteiger partial charge on any atom is 0.338 e. The number of hydrogen-bond donors (Lipinski definition) is 1. The van der Waals surface area contributed by atoms with Crippen molar-refractivity contribution in [2.75, 3.05) is 16.2 Å². The summed E-state index contributed by atoms with van der Waals surface area (Å²) in [6.45, 7) is 1.89. The predicted molar refractivity (Wildman–Crippen MR) is 101 cm³/mol. The number of esters is 1. The topological polar surface area (TPSA) is 110 Å². The molecule has 1 heterocycles. The lowest BCUT2D eigenvalue weighted by molar-refractivity contribution is -0.121. The molecular formula is C19H18N2O6S. The van der Waals surface area contributed by atoms with Gasteiger partial charge in [-0.1, -0.05) is 6.07 Å². The van der Waals surface area contributed by atoms with Crippen LogP contribution < -0.4 is 9.62 Å². The second kappa shape index (κ2) is 7.81. The summed E-state index contributed by atoms with van der Waals surface area (Å²) in [5.41, 5.74) is 0.763. The van der Waals surface area contributed by atoms with Crippen LogP contribution in [0.2, 0.25) is 0 Å². The van der Waals surface area contributed by atoms with Crippen LogP contribution in [0.1, 0.15) is 30.1 Å². The van der Waals surface area contributed by atoms with Crippen molar-refractivity contribution in [3.05, 3.63) is 54.1 Å². The third kappa shape index (κ3) is 4.04. The van der Waals surface area contributed by atoms with Gasteiger partial charge < -0.3 is 4.74 Å². The number of amides is 2. The molecule has 1 aliphatic heterocycles. The van der Waals surface area contributed by atoms with E-state index in [-0.39, 0.29) is 47.4 Å². The lowest BCUT2D eigenvalue weighted by Gasteiger charge is -2.14. The largest absolute Gasteiger partial charge is 0.462 e. The Morgan fingerprint density at radius 3 is 2.32 bits per heavy atom. The minimum absolute atomic E-state index is 0.0446. The number of anilines is 2. The minimum Gasteiger partial charge on any atom is -0.462 e. The summed E-state index contributed by atoms with van der Waals surface area (Å²) in [6, 6.07) is 11.4. The Morgan fingerprint density at radius 2 is 1.71 bits per heavy atom. The summed E-state index contributed by atoms with van der Waals surface area (Å²) >= 11 is 0. The molecule has 1 aliphatic rings. The summed E-state index contributed by atoms with van der Waals surface area (Å²) in [7, 11) is -3.93. The summed E-state index contributed by atoms with van der Waals surface area (Å²) in [4.78, 5) is 36.4. The van der Waals surface area contributed by atoms with Crippen LogP contribution in [-0.4, -0.2) is 32.8 Å². The minimum atomic E-state index is -3.93. The zero-order valence-electron chi connectivity index (χ0n) is 15.0. The number of nitrogens with zero attached hydrogens (tertiary/aromatic N) is 1. The van der Waals surface area contributed by atoms with Gasteiger partial charge in [0.2, 0.25) is 11.8 Å². The van der Waals surface area contributed by atoms with Crippen molar-refractivity contribution in [3.63, 3.8) is 0 Å². The number of rotatable bonds is 6. The van der Waals surface area contributed by atoms with E-state index in [0.717, 1.165) is 4.90 Å². The Kier molecular flexibility index (Phi) is 5.46. The zero-order chi connectivity index (χ0) is 20.3. The Labute approximate surface area is 162 Å². The Morgan fingerprint density at radius 1 is 1.07 bits per heavy atom. The van der Waals surface area contributed by atoms with E-state index in [1.165, 1.54) is 48.5 Å². The fraction of sp³-hybridized carbons (Fsp3) is 0.211. The highest BCUT2D eigenvalue weighted by Crippen LogP contribution is 2.25. The van der Waals surface area contributed by atoms with Gasteiger partial charge in [-0.25, -0.2) is 13.2 Å². The van der Waals surface area contributed by atoms with Crippen LogP contribution in [0.3, 0.4) is 0 Å². The van der Waals surface area contributed by atoms with Crippen molar-refractivity contribution in [2.24, 2.45) is 0 Å². The first kappa shape index (κ1) is 19.6. The fourth-order valence-corrected chi connectivity index (χ4v) is 3.83. The monoisotopic (exact) mass is 402 g/mol. The molecule has 0 aliphatic carbocycles. The second-order valence-electron chi connectivity index (χ2n) is 6.02. The van der Waals surface area contributed by atoms with Crippen molar-refractivity contribution in [1.82, 2.24) is 0 Å². The molecule has 8 nitrogen and oxygen atoms in total. The van der Waals surface area contributed by atoms with Crippen molar-refractivity contribution in [2.45, 2.75) is 24.7 Å². The van der Waals surface area contributed by atoms with Crippen LogP contribution in [0.5, 0.6) is 0 Å². The second-order valence-corrected chi connectivity index (χ2v) is 7.71. The summed E-state index contributed by atoms with van der Waals surface area (Å²) in [5.74, 6) is -1.17. The number of sulfonamides is 1. The van der Waals surface area contributed by atoms with Gasteiger partial charge in [-0.15, -0.1) is 0 Å². The van der Waals surface area contributed by atoms with E-state index in [4.69, 9.17) is 4.74 Å². The maximum absolute atomic E-state index is 12.6. The van der Waals surface area contributed by atoms with Crippen LogP contribution in [0, 0.1) is 0 Å². The molecule has 0 bridgehead atoms. The average molecular weight is 402 g/mol. The number of imide groups is 1. The number of ether oxygens (including phenoxy) is 1. The van der Waals surface area contributed by atoms with E-state index in [9.17, 15) is 22.8 Å². The predicted octanol–water partition coefficient (Wildman–Crippen LogP) is 2.32. The highest BCUT2D eigenvalue weighted by atomic mass is 32.2. The molecule has 0 spiro atoms. The molecule has 0 saturated carbocycles. The Balaban J connectivity index is 1.80. The summed E-state index contributed by atoms with van der Waals surface area (Å²) < 4.78 is 32.5. The summed E-state index contributed by atoms with van der Waals surface area (Å²) in [5, 5.41) is 0. The number of hydrogen-bond acceptors (Lipinski definition) is 6. The van der Waals surface area contributed by atoms with Gasteiger partial charge in [0.05, 0.1) is 22.8 Å². The van der Waals surface area contributed by atoms with Crippen molar-refractivity contribution in [1.29, 1.82) is 0 Å². The van der Waals surface area contributed by atoms with Gasteiger partial charge in [-0.2, -0.15) is 0 Å². The van der Waals surface area contributed by atoms with Gasteiger partial charge in [0.25, 0.3) is 10.0 Å². The number of nitrogens with one attached hydrogen (secondary N) is 1. The lowest BCUT2D eigenvalue weighted by atomic mass is 10.2. The molecule has 1 saturated heterocycles. The van der Waals surface area contributed by atoms with Gasteiger partial charge in [0, 0.05) is 18.5 Å². The molecule has 2 aromatic carbocycles. The molecule has 146 valence electrons. The van der Waals surface area contributed by atoms with E-state index in [0.29, 0.717) is 5.69 Å². The molecule has 0 unspecified atom stereocenters. The average Bonchev–Trinajstić information content (AvgIpc) is 3.00. The van der Waals surface area contributed by atoms with E-state index in [1.54, 1.807) is 6.92 Å². The van der Waals surface area contributed by atoms with Gasteiger partial charge in [0.15, 0.2) is 0 Å². The zero-order valence-corrected chi connectivity index (χ0v) is 15.9. The molecule has 9 heteroatoms. The van der Waals surface area contributed by atoms with Gasteiger partial charge in [0.1, 0.15) is 0 Å². The molecule has 0 atom stereocenters. The number of carbonyl (C=O) groups excluding carboxylic acids is 3. The molecule has 0 aromatic heterocycles. The normalized spacial score (nSPS) is 14.2. The smallest absolute Gasteiger partial charge is 0.338 e. The molecular weight excluding hydrogens is 384 g/mol. The number of benzene rings is 2. The highest BCUT2D eigenvalue weighted by molar-refractivity contribution is 7.92. The van der Waals surface area contributed by atoms with Gasteiger partial charge in [-0.3, -0.25) is 19.2 Å². The molecule has 2 aromatic rings. The fourth-order valence-electron chi connectivity index (χ4n) is 2.78. The van der Waals surface area contributed by atoms with Crippen LogP contribution >= 0.6 is 0 Å². The lowest BCUT2D eigenvalue weighted by Crippen LogP contribution is -2.28. The SMILES string of the molecule is CCOC(=O)c1cccc(NS(=O)(=O)c2ccc(N3C(=O)CCC3=O)cc2)c1. The van der Waals surface area contributed by atoms with E-state index >= 15 is 0 Å². The van der Waals surface area contributed by atoms with Crippen LogP contribution in [0.25, 0.3) is 0 Å². The quantitative estimate of drug-likeness (QED) is 0.587. The molecule has 28 heavy (non-hydrogen) atoms. The van der Waals surface area contributed by atoms with Crippen LogP contribution in [0.4, 0.5) is 11.4 Å². The standard InChI is InChI=1S/C19H18N2O6S/c1-2-27-19(24)13-4-3-5-14(12-13)20-28(25,26)16-8-6-15(7-9-16)21-17(22)10-11-18(21)23/h3-9,12,20H,2,10-11H2,1H3. The molecule has 1 fully saturated rings. The van der Waals surface area contributed by atoms with Crippen molar-refractivity contribution >= 4 is 39.2 Å². The first-order valence-electron chi connectivity index (χ1n) is 8.57. The first-order valence-corrected chi connectivity index (χ1v) is 10.1. The van der Waals surface area contributed by atoms with E-state index < -0.39 is 16.0 Å². The third-order valence-corrected chi connectivity index (χ3v) is 5.48. The molecule has 0 radical (unpaired) electrons. The summed E-state index contributed by atoms with van der Waals surface area (Å²) in [6.07, 6.45) is 0.300. The van der Waals surface area contributed by atoms with E-state index in [1.807, 2.05) is 0 Å². The maximum atomic E-state index is 12.6. The van der Waals surface area contributed by atoms with Crippen LogP contribution in [-0.2, 0) is 24.3 Å². The molecule has 3 rings (SSSR count). The van der Waals surface area contributed by atoms with E-state index in [2.05, 4.69) is 4.72 Å². The van der Waals surface area contributed by atoms with Gasteiger partial charge in [-0.05, 0) is 49.4 Å². The molecule has 1 N–H and O–H groups in total. The number of carbonyl (C=O) groups is 3. The third-order valence-electron chi connectivity index (χ3n) is 4.08. The Bertz CT molecular complexity index is 1010. The highest BCUT2D eigenvalue weighted by Gasteiger charge is 2.30. The van der Waals surface area contributed by atoms with Crippen molar-refractivity contribution < 1.29 is 27.5 Å². The van der Waals surface area contributed by atoms with Crippen molar-refractivity contribution in [3.8, 4) is 0 Å². The Hall–Kier alpha value is -3.20. The van der Waals surface area contributed by atoms with Gasteiger partial charge >= 0.3 is 5.97 Å². The molecule has 2 amide bonds. The first-order chi connectivity index (χ1) is 13.3. The van der Waals surface area contributed by atoms with Crippen LogP contribution in [0.15, 0.2) is 53.4 Å².